The summed E-state index contributed by atoms with van der Waals surface area (Å²) in [7, 11) is 4.23. The number of nitrogens with zero attached hydrogens (tertiary/aromatic N) is 3. The lowest BCUT2D eigenvalue weighted by molar-refractivity contribution is -0.192. The molecule has 0 radical (unpaired) electrons. The van der Waals surface area contributed by atoms with E-state index in [0.717, 1.165) is 36.4 Å². The van der Waals surface area contributed by atoms with Crippen LogP contribution in [0, 0.1) is 0 Å². The largest absolute Gasteiger partial charge is 0.492 e. The number of carboxylic acid groups (broad SMARTS) is 1. The number of ether oxygens (including phenoxy) is 1. The van der Waals surface area contributed by atoms with Crippen molar-refractivity contribution in [2.45, 2.75) is 31.9 Å². The Balaban J connectivity index is 0.000000592. The normalized spacial score (nSPS) is 11.3. The number of carboxylic acids is 1. The third-order valence-corrected chi connectivity index (χ3v) is 3.92. The number of aromatic nitrogens is 2. The van der Waals surface area contributed by atoms with Crippen molar-refractivity contribution in [3.63, 3.8) is 0 Å². The van der Waals surface area contributed by atoms with Crippen molar-refractivity contribution in [2.75, 3.05) is 27.2 Å². The fourth-order valence-electron chi connectivity index (χ4n) is 2.35. The minimum Gasteiger partial charge on any atom is -0.492 e. The quantitative estimate of drug-likeness (QED) is 0.537. The Kier molecular flexibility index (Phi) is 11.9. The molecule has 0 saturated heterocycles. The number of unbranched alkanes of at least 4 members (excludes halogenated alkanes) is 3. The van der Waals surface area contributed by atoms with Gasteiger partial charge in [-0.1, -0.05) is 25.0 Å². The molecule has 31 heavy (non-hydrogen) atoms. The van der Waals surface area contributed by atoms with Gasteiger partial charge in [0.05, 0.1) is 12.8 Å². The highest BCUT2D eigenvalue weighted by Crippen LogP contribution is 2.15. The number of alkyl halides is 3. The highest BCUT2D eigenvalue weighted by atomic mass is 19.4. The zero-order valence-electron chi connectivity index (χ0n) is 17.7. The van der Waals surface area contributed by atoms with Gasteiger partial charge >= 0.3 is 12.1 Å². The van der Waals surface area contributed by atoms with Gasteiger partial charge in [0.25, 0.3) is 0 Å². The summed E-state index contributed by atoms with van der Waals surface area (Å²) in [5.41, 5.74) is 2.16. The van der Waals surface area contributed by atoms with Gasteiger partial charge in [0.1, 0.15) is 5.75 Å². The predicted molar refractivity (Wildman–Crippen MR) is 114 cm³/mol. The molecule has 2 aromatic rings. The summed E-state index contributed by atoms with van der Waals surface area (Å²) in [4.78, 5) is 19.4. The van der Waals surface area contributed by atoms with E-state index in [1.165, 1.54) is 19.3 Å². The van der Waals surface area contributed by atoms with Crippen molar-refractivity contribution < 1.29 is 27.8 Å². The Morgan fingerprint density at radius 2 is 1.65 bits per heavy atom. The van der Waals surface area contributed by atoms with Crippen LogP contribution in [-0.4, -0.2) is 59.4 Å². The van der Waals surface area contributed by atoms with Gasteiger partial charge in [0.15, 0.2) is 0 Å². The second-order valence-corrected chi connectivity index (χ2v) is 6.94. The molecule has 2 rings (SSSR count). The van der Waals surface area contributed by atoms with E-state index < -0.39 is 12.1 Å². The molecule has 0 unspecified atom stereocenters. The van der Waals surface area contributed by atoms with Crippen molar-refractivity contribution in [1.82, 2.24) is 14.9 Å². The van der Waals surface area contributed by atoms with Gasteiger partial charge < -0.3 is 14.7 Å². The van der Waals surface area contributed by atoms with E-state index in [-0.39, 0.29) is 0 Å². The van der Waals surface area contributed by atoms with Crippen molar-refractivity contribution in [1.29, 1.82) is 0 Å². The number of pyridine rings is 2. The van der Waals surface area contributed by atoms with Gasteiger partial charge in [-0.15, -0.1) is 0 Å². The topological polar surface area (TPSA) is 75.5 Å². The van der Waals surface area contributed by atoms with Crippen molar-refractivity contribution in [3.8, 4) is 5.75 Å². The maximum atomic E-state index is 10.6. The summed E-state index contributed by atoms with van der Waals surface area (Å²) < 4.78 is 37.5. The first-order valence-corrected chi connectivity index (χ1v) is 9.79. The lowest BCUT2D eigenvalue weighted by Crippen LogP contribution is -2.21. The summed E-state index contributed by atoms with van der Waals surface area (Å²) in [5.74, 6) is -1.92. The molecule has 6 nitrogen and oxygen atoms in total. The molecule has 1 N–H and O–H groups in total. The first-order chi connectivity index (χ1) is 14.7. The fourth-order valence-corrected chi connectivity index (χ4v) is 2.35. The molecule has 2 heterocycles. The minimum atomic E-state index is -5.08. The van der Waals surface area contributed by atoms with Crippen molar-refractivity contribution in [3.05, 3.63) is 54.1 Å². The average Bonchev–Trinajstić information content (AvgIpc) is 2.72. The zero-order chi connectivity index (χ0) is 23.1. The van der Waals surface area contributed by atoms with Crippen LogP contribution in [0.1, 0.15) is 36.8 Å². The third kappa shape index (κ3) is 13.1. The van der Waals surface area contributed by atoms with Crippen LogP contribution in [0.25, 0.3) is 12.2 Å². The van der Waals surface area contributed by atoms with Crippen molar-refractivity contribution >= 4 is 18.1 Å². The van der Waals surface area contributed by atoms with Gasteiger partial charge in [-0.25, -0.2) is 4.79 Å². The number of rotatable bonds is 10. The molecule has 0 aliphatic heterocycles. The molecular formula is C22H28F3N3O3. The van der Waals surface area contributed by atoms with Crippen LogP contribution in [0.5, 0.6) is 5.75 Å². The summed E-state index contributed by atoms with van der Waals surface area (Å²) >= 11 is 0. The summed E-state index contributed by atoms with van der Waals surface area (Å²) in [6, 6.07) is 5.97. The average molecular weight is 439 g/mol. The van der Waals surface area contributed by atoms with Gasteiger partial charge in [-0.2, -0.15) is 13.2 Å². The number of aliphatic carboxylic acids is 1. The lowest BCUT2D eigenvalue weighted by Gasteiger charge is -2.09. The third-order valence-electron chi connectivity index (χ3n) is 3.92. The van der Waals surface area contributed by atoms with E-state index >= 15 is 0 Å². The van der Waals surface area contributed by atoms with Crippen LogP contribution >= 0.6 is 0 Å². The summed E-state index contributed by atoms with van der Waals surface area (Å²) in [6.07, 6.45) is 11.0. The van der Waals surface area contributed by atoms with E-state index in [2.05, 4.69) is 29.0 Å². The molecule has 0 spiro atoms. The van der Waals surface area contributed by atoms with E-state index in [4.69, 9.17) is 14.6 Å². The number of hydrogen-bond acceptors (Lipinski definition) is 5. The van der Waals surface area contributed by atoms with E-state index in [1.54, 1.807) is 18.6 Å². The Morgan fingerprint density at radius 1 is 1.03 bits per heavy atom. The van der Waals surface area contributed by atoms with Crippen LogP contribution in [0.2, 0.25) is 0 Å². The van der Waals surface area contributed by atoms with Crippen molar-refractivity contribution in [2.24, 2.45) is 0 Å². The Morgan fingerprint density at radius 3 is 2.26 bits per heavy atom. The monoisotopic (exact) mass is 439 g/mol. The van der Waals surface area contributed by atoms with Crippen LogP contribution in [0.15, 0.2) is 43.0 Å². The second kappa shape index (κ2) is 14.1. The van der Waals surface area contributed by atoms with Gasteiger partial charge in [0, 0.05) is 18.6 Å². The highest BCUT2D eigenvalue weighted by Gasteiger charge is 2.38. The first-order valence-electron chi connectivity index (χ1n) is 9.79. The zero-order valence-corrected chi connectivity index (χ0v) is 17.7. The molecule has 0 fully saturated rings. The highest BCUT2D eigenvalue weighted by molar-refractivity contribution is 5.73. The number of halogens is 3. The van der Waals surface area contributed by atoms with Crippen LogP contribution in [-0.2, 0) is 4.79 Å². The van der Waals surface area contributed by atoms with Crippen LogP contribution in [0.3, 0.4) is 0 Å². The lowest BCUT2D eigenvalue weighted by atomic mass is 10.2. The molecule has 0 aromatic carbocycles. The maximum Gasteiger partial charge on any atom is 0.490 e. The van der Waals surface area contributed by atoms with Crippen LogP contribution < -0.4 is 4.74 Å². The van der Waals surface area contributed by atoms with E-state index in [0.29, 0.717) is 0 Å². The Hall–Kier alpha value is -2.94. The smallest absolute Gasteiger partial charge is 0.490 e. The van der Waals surface area contributed by atoms with Gasteiger partial charge in [0.2, 0.25) is 0 Å². The van der Waals surface area contributed by atoms with Gasteiger partial charge in [-0.3, -0.25) is 9.97 Å². The molecule has 0 aliphatic carbocycles. The second-order valence-electron chi connectivity index (χ2n) is 6.94. The molecule has 170 valence electrons. The Bertz CT molecular complexity index is 797. The van der Waals surface area contributed by atoms with Crippen LogP contribution in [0.4, 0.5) is 13.2 Å². The SMILES string of the molecule is CN(C)CCCCCCOc1cncc(C=Cc2ccncc2)c1.O=C(O)C(F)(F)F. The molecule has 0 amide bonds. The maximum absolute atomic E-state index is 10.6. The molecule has 0 atom stereocenters. The summed E-state index contributed by atoms with van der Waals surface area (Å²) in [5, 5.41) is 7.12. The van der Waals surface area contributed by atoms with E-state index in [9.17, 15) is 13.2 Å². The molecule has 0 aliphatic rings. The minimum absolute atomic E-state index is 0.751. The van der Waals surface area contributed by atoms with E-state index in [1.807, 2.05) is 36.5 Å². The molecular weight excluding hydrogens is 411 g/mol. The number of hydrogen-bond donors (Lipinski definition) is 1. The Labute approximate surface area is 180 Å². The molecule has 9 heteroatoms. The standard InChI is InChI=1S/C20H27N3O.C2HF3O2/c1-23(2)13-5-3-4-6-14-24-20-15-19(16-22-17-20)8-7-18-9-11-21-12-10-18;3-2(4,5)1(6)7/h7-12,15-17H,3-6,13-14H2,1-2H3;(H,6,7). The van der Waals surface area contributed by atoms with Gasteiger partial charge in [-0.05, 0) is 62.8 Å². The number of carbonyl (C=O) groups is 1. The molecule has 0 bridgehead atoms. The molecule has 2 aromatic heterocycles. The summed E-state index contributed by atoms with van der Waals surface area (Å²) in [6.45, 7) is 1.91. The predicted octanol–water partition coefficient (Wildman–Crippen LogP) is 4.78. The first kappa shape index (κ1) is 26.1. The fraction of sp³-hybridized carbons (Fsp3) is 0.409. The molecule has 0 saturated carbocycles.